The Balaban J connectivity index is 2.51. The third-order valence-corrected chi connectivity index (χ3v) is 3.58. The van der Waals surface area contributed by atoms with E-state index >= 15 is 0 Å². The number of carbonyl (C=O) groups is 1. The molecular weight excluding hydrogens is 188 g/mol. The Morgan fingerprint density at radius 2 is 2.20 bits per heavy atom. The lowest BCUT2D eigenvalue weighted by Crippen LogP contribution is -2.43. The number of nitrogens with zero attached hydrogens (tertiary/aromatic N) is 1. The van der Waals surface area contributed by atoms with Crippen molar-refractivity contribution in [1.29, 1.82) is 0 Å². The van der Waals surface area contributed by atoms with Gasteiger partial charge >= 0.3 is 0 Å². The second-order valence-corrected chi connectivity index (χ2v) is 5.01. The zero-order chi connectivity index (χ0) is 11.4. The SMILES string of the molecule is CC1CCCC(N(C)C(=O)C(C)CN)C1. The predicted molar refractivity (Wildman–Crippen MR) is 62.4 cm³/mol. The van der Waals surface area contributed by atoms with Gasteiger partial charge in [0.25, 0.3) is 0 Å². The van der Waals surface area contributed by atoms with Crippen molar-refractivity contribution in [2.24, 2.45) is 17.6 Å². The van der Waals surface area contributed by atoms with Crippen LogP contribution < -0.4 is 5.73 Å². The predicted octanol–water partition coefficient (Wildman–Crippen LogP) is 1.62. The highest BCUT2D eigenvalue weighted by atomic mass is 16.2. The Morgan fingerprint density at radius 1 is 1.53 bits per heavy atom. The molecule has 0 aromatic rings. The summed E-state index contributed by atoms with van der Waals surface area (Å²) in [5, 5.41) is 0. The molecule has 3 unspecified atom stereocenters. The van der Waals surface area contributed by atoms with Crippen molar-refractivity contribution in [2.75, 3.05) is 13.6 Å². The molecule has 15 heavy (non-hydrogen) atoms. The molecule has 0 radical (unpaired) electrons. The fourth-order valence-corrected chi connectivity index (χ4v) is 2.38. The molecule has 2 N–H and O–H groups in total. The van der Waals surface area contributed by atoms with Crippen molar-refractivity contribution < 1.29 is 4.79 Å². The van der Waals surface area contributed by atoms with Gasteiger partial charge in [0.1, 0.15) is 0 Å². The van der Waals surface area contributed by atoms with Crippen LogP contribution in [-0.4, -0.2) is 30.4 Å². The van der Waals surface area contributed by atoms with E-state index in [0.29, 0.717) is 12.6 Å². The number of carbonyl (C=O) groups excluding carboxylic acids is 1. The minimum absolute atomic E-state index is 0.0350. The first-order chi connectivity index (χ1) is 7.06. The van der Waals surface area contributed by atoms with Crippen molar-refractivity contribution in [1.82, 2.24) is 4.90 Å². The van der Waals surface area contributed by atoms with E-state index in [9.17, 15) is 4.79 Å². The maximum Gasteiger partial charge on any atom is 0.226 e. The van der Waals surface area contributed by atoms with E-state index in [2.05, 4.69) is 6.92 Å². The maximum atomic E-state index is 11.9. The van der Waals surface area contributed by atoms with Crippen LogP contribution in [0.25, 0.3) is 0 Å². The summed E-state index contributed by atoms with van der Waals surface area (Å²) in [5.74, 6) is 0.927. The van der Waals surface area contributed by atoms with Crippen molar-refractivity contribution in [2.45, 2.75) is 45.6 Å². The molecule has 1 saturated carbocycles. The van der Waals surface area contributed by atoms with Gasteiger partial charge in [-0.1, -0.05) is 26.7 Å². The van der Waals surface area contributed by atoms with Crippen molar-refractivity contribution in [3.63, 3.8) is 0 Å². The Hall–Kier alpha value is -0.570. The van der Waals surface area contributed by atoms with Gasteiger partial charge in [0.05, 0.1) is 0 Å². The Morgan fingerprint density at radius 3 is 2.73 bits per heavy atom. The second-order valence-electron chi connectivity index (χ2n) is 5.01. The maximum absolute atomic E-state index is 11.9. The molecule has 88 valence electrons. The van der Waals surface area contributed by atoms with Crippen LogP contribution in [0.5, 0.6) is 0 Å². The molecule has 3 heteroatoms. The summed E-state index contributed by atoms with van der Waals surface area (Å²) in [6.45, 7) is 4.63. The van der Waals surface area contributed by atoms with E-state index in [4.69, 9.17) is 5.73 Å². The lowest BCUT2D eigenvalue weighted by molar-refractivity contribution is -0.136. The van der Waals surface area contributed by atoms with E-state index in [-0.39, 0.29) is 11.8 Å². The minimum Gasteiger partial charge on any atom is -0.342 e. The molecule has 0 aromatic carbocycles. The number of nitrogens with two attached hydrogens (primary N) is 1. The summed E-state index contributed by atoms with van der Waals surface area (Å²) in [6, 6.07) is 0.440. The Bertz CT molecular complexity index is 218. The molecule has 1 aliphatic rings. The number of rotatable bonds is 3. The van der Waals surface area contributed by atoms with Gasteiger partial charge in [0.2, 0.25) is 5.91 Å². The van der Waals surface area contributed by atoms with E-state index in [1.54, 1.807) is 0 Å². The van der Waals surface area contributed by atoms with Gasteiger partial charge in [-0.05, 0) is 18.8 Å². The first-order valence-electron chi connectivity index (χ1n) is 6.03. The average molecular weight is 212 g/mol. The monoisotopic (exact) mass is 212 g/mol. The highest BCUT2D eigenvalue weighted by Crippen LogP contribution is 2.27. The standard InChI is InChI=1S/C12H24N2O/c1-9-5-4-6-11(7-9)14(3)12(15)10(2)8-13/h9-11H,4-8,13H2,1-3H3. The highest BCUT2D eigenvalue weighted by Gasteiger charge is 2.27. The molecule has 0 spiro atoms. The van der Waals surface area contributed by atoms with Crippen LogP contribution in [0, 0.1) is 11.8 Å². The van der Waals surface area contributed by atoms with Crippen LogP contribution in [0.4, 0.5) is 0 Å². The van der Waals surface area contributed by atoms with E-state index < -0.39 is 0 Å². The highest BCUT2D eigenvalue weighted by molar-refractivity contribution is 5.78. The first kappa shape index (κ1) is 12.5. The van der Waals surface area contributed by atoms with E-state index in [1.807, 2.05) is 18.9 Å². The van der Waals surface area contributed by atoms with Gasteiger partial charge in [-0.25, -0.2) is 0 Å². The molecule has 0 aliphatic heterocycles. The first-order valence-corrected chi connectivity index (χ1v) is 6.03. The Kier molecular flexibility index (Phi) is 4.58. The molecule has 1 fully saturated rings. The molecule has 0 heterocycles. The van der Waals surface area contributed by atoms with Crippen molar-refractivity contribution >= 4 is 5.91 Å². The lowest BCUT2D eigenvalue weighted by atomic mass is 9.86. The second kappa shape index (κ2) is 5.50. The summed E-state index contributed by atoms with van der Waals surface area (Å²) in [7, 11) is 1.93. The van der Waals surface area contributed by atoms with Crippen LogP contribution in [-0.2, 0) is 4.79 Å². The molecular formula is C12H24N2O. The van der Waals surface area contributed by atoms with Crippen LogP contribution in [0.3, 0.4) is 0 Å². The zero-order valence-electron chi connectivity index (χ0n) is 10.2. The van der Waals surface area contributed by atoms with Crippen molar-refractivity contribution in [3.05, 3.63) is 0 Å². The zero-order valence-corrected chi connectivity index (χ0v) is 10.2. The van der Waals surface area contributed by atoms with Gasteiger partial charge in [0.15, 0.2) is 0 Å². The van der Waals surface area contributed by atoms with Gasteiger partial charge < -0.3 is 10.6 Å². The summed E-state index contributed by atoms with van der Waals surface area (Å²) >= 11 is 0. The van der Waals surface area contributed by atoms with Crippen molar-refractivity contribution in [3.8, 4) is 0 Å². The summed E-state index contributed by atoms with van der Waals surface area (Å²) in [5.41, 5.74) is 5.52. The molecule has 1 rings (SSSR count). The molecule has 3 nitrogen and oxygen atoms in total. The van der Waals surface area contributed by atoms with Gasteiger partial charge in [-0.3, -0.25) is 4.79 Å². The topological polar surface area (TPSA) is 46.3 Å². The number of hydrogen-bond donors (Lipinski definition) is 1. The van der Waals surface area contributed by atoms with Gasteiger partial charge in [-0.2, -0.15) is 0 Å². The normalized spacial score (nSPS) is 28.5. The fourth-order valence-electron chi connectivity index (χ4n) is 2.38. The number of amides is 1. The summed E-state index contributed by atoms with van der Waals surface area (Å²) in [6.07, 6.45) is 4.87. The van der Waals surface area contributed by atoms with E-state index in [1.165, 1.54) is 12.8 Å². The third-order valence-electron chi connectivity index (χ3n) is 3.58. The average Bonchev–Trinajstić information content (AvgIpc) is 2.26. The van der Waals surface area contributed by atoms with Crippen LogP contribution >= 0.6 is 0 Å². The number of hydrogen-bond acceptors (Lipinski definition) is 2. The van der Waals surface area contributed by atoms with Crippen LogP contribution in [0.2, 0.25) is 0 Å². The largest absolute Gasteiger partial charge is 0.342 e. The molecule has 0 saturated heterocycles. The van der Waals surface area contributed by atoms with Gasteiger partial charge in [-0.15, -0.1) is 0 Å². The molecule has 0 aromatic heterocycles. The molecule has 1 aliphatic carbocycles. The molecule has 3 atom stereocenters. The van der Waals surface area contributed by atoms with Gasteiger partial charge in [0, 0.05) is 25.6 Å². The Labute approximate surface area is 93.0 Å². The molecule has 1 amide bonds. The third kappa shape index (κ3) is 3.20. The molecule has 0 bridgehead atoms. The minimum atomic E-state index is -0.0350. The lowest BCUT2D eigenvalue weighted by Gasteiger charge is -2.35. The quantitative estimate of drug-likeness (QED) is 0.772. The smallest absolute Gasteiger partial charge is 0.226 e. The fraction of sp³-hybridized carbons (Fsp3) is 0.917. The van der Waals surface area contributed by atoms with E-state index in [0.717, 1.165) is 18.8 Å². The van der Waals surface area contributed by atoms with Crippen LogP contribution in [0.1, 0.15) is 39.5 Å². The van der Waals surface area contributed by atoms with Crippen LogP contribution in [0.15, 0.2) is 0 Å². The summed E-state index contributed by atoms with van der Waals surface area (Å²) in [4.78, 5) is 13.8. The summed E-state index contributed by atoms with van der Waals surface area (Å²) < 4.78 is 0.